The SMILES string of the molecule is CCN(CC)CCN1C(=O)C(=O)C(=C(O)c2ccncc2)[C@H]1c1ccc(OC)c(OC)c1. The molecule has 0 radical (unpaired) electrons. The lowest BCUT2D eigenvalue weighted by molar-refractivity contribution is -0.140. The molecule has 1 aromatic heterocycles. The van der Waals surface area contributed by atoms with E-state index in [1.807, 2.05) is 13.8 Å². The minimum absolute atomic E-state index is 0.0490. The molecule has 170 valence electrons. The van der Waals surface area contributed by atoms with Crippen molar-refractivity contribution in [2.75, 3.05) is 40.4 Å². The summed E-state index contributed by atoms with van der Waals surface area (Å²) in [7, 11) is 3.06. The van der Waals surface area contributed by atoms with Crippen molar-refractivity contribution in [1.82, 2.24) is 14.8 Å². The van der Waals surface area contributed by atoms with E-state index >= 15 is 0 Å². The normalized spacial score (nSPS) is 17.8. The van der Waals surface area contributed by atoms with Crippen molar-refractivity contribution in [2.45, 2.75) is 19.9 Å². The van der Waals surface area contributed by atoms with Crippen LogP contribution in [0.2, 0.25) is 0 Å². The Bertz CT molecular complexity index is 1000. The Morgan fingerprint density at radius 1 is 1.06 bits per heavy atom. The topological polar surface area (TPSA) is 92.2 Å². The number of hydrogen-bond donors (Lipinski definition) is 1. The summed E-state index contributed by atoms with van der Waals surface area (Å²) in [6.45, 7) is 6.72. The van der Waals surface area contributed by atoms with E-state index in [9.17, 15) is 14.7 Å². The van der Waals surface area contributed by atoms with Crippen molar-refractivity contribution >= 4 is 17.4 Å². The van der Waals surface area contributed by atoms with E-state index < -0.39 is 17.7 Å². The Morgan fingerprint density at radius 3 is 2.31 bits per heavy atom. The summed E-state index contributed by atoms with van der Waals surface area (Å²) < 4.78 is 10.8. The Hall–Kier alpha value is -3.39. The van der Waals surface area contributed by atoms with Crippen LogP contribution in [0, 0.1) is 0 Å². The number of likely N-dealkylation sites (tertiary alicyclic amines) is 1. The number of nitrogens with zero attached hydrogens (tertiary/aromatic N) is 3. The lowest BCUT2D eigenvalue weighted by atomic mass is 9.95. The van der Waals surface area contributed by atoms with Crippen LogP contribution >= 0.6 is 0 Å². The molecule has 3 rings (SSSR count). The van der Waals surface area contributed by atoms with E-state index in [0.29, 0.717) is 35.7 Å². The second-order valence-corrected chi connectivity index (χ2v) is 7.37. The Balaban J connectivity index is 2.13. The number of carbonyl (C=O) groups is 2. The first-order chi connectivity index (χ1) is 15.5. The van der Waals surface area contributed by atoms with Crippen LogP contribution in [0.25, 0.3) is 5.76 Å². The van der Waals surface area contributed by atoms with Gasteiger partial charge in [0.15, 0.2) is 11.5 Å². The zero-order chi connectivity index (χ0) is 23.3. The fourth-order valence-corrected chi connectivity index (χ4v) is 3.93. The molecule has 0 aliphatic carbocycles. The number of aliphatic hydroxyl groups is 1. The van der Waals surface area contributed by atoms with Crippen molar-refractivity contribution in [3.63, 3.8) is 0 Å². The molecule has 1 fully saturated rings. The van der Waals surface area contributed by atoms with E-state index in [1.165, 1.54) is 31.5 Å². The number of carbonyl (C=O) groups excluding carboxylic acids is 2. The van der Waals surface area contributed by atoms with Gasteiger partial charge in [-0.1, -0.05) is 19.9 Å². The summed E-state index contributed by atoms with van der Waals surface area (Å²) >= 11 is 0. The number of Topliss-reactive ketones (excluding diaryl/α,β-unsaturated/α-hetero) is 1. The fraction of sp³-hybridized carbons (Fsp3) is 0.375. The molecular weight excluding hydrogens is 410 g/mol. The highest BCUT2D eigenvalue weighted by Gasteiger charge is 2.46. The van der Waals surface area contributed by atoms with Gasteiger partial charge in [-0.15, -0.1) is 0 Å². The van der Waals surface area contributed by atoms with Crippen LogP contribution in [0.1, 0.15) is 31.0 Å². The van der Waals surface area contributed by atoms with Crippen molar-refractivity contribution in [2.24, 2.45) is 0 Å². The number of likely N-dealkylation sites (N-methyl/N-ethyl adjacent to an activating group) is 1. The summed E-state index contributed by atoms with van der Waals surface area (Å²) in [5.74, 6) is -0.559. The van der Waals surface area contributed by atoms with Gasteiger partial charge in [0, 0.05) is 31.0 Å². The third-order valence-corrected chi connectivity index (χ3v) is 5.77. The van der Waals surface area contributed by atoms with E-state index in [2.05, 4.69) is 9.88 Å². The van der Waals surface area contributed by atoms with Crippen LogP contribution in [-0.2, 0) is 9.59 Å². The molecule has 0 bridgehead atoms. The van der Waals surface area contributed by atoms with Crippen LogP contribution < -0.4 is 9.47 Å². The van der Waals surface area contributed by atoms with Gasteiger partial charge in [0.25, 0.3) is 11.7 Å². The van der Waals surface area contributed by atoms with Crippen LogP contribution in [0.15, 0.2) is 48.3 Å². The van der Waals surface area contributed by atoms with Gasteiger partial charge >= 0.3 is 0 Å². The van der Waals surface area contributed by atoms with Crippen molar-refractivity contribution in [3.05, 3.63) is 59.4 Å². The summed E-state index contributed by atoms with van der Waals surface area (Å²) in [5.41, 5.74) is 1.12. The van der Waals surface area contributed by atoms with Crippen LogP contribution in [0.5, 0.6) is 11.5 Å². The van der Waals surface area contributed by atoms with Crippen molar-refractivity contribution in [3.8, 4) is 11.5 Å². The maximum absolute atomic E-state index is 13.1. The number of methoxy groups -OCH3 is 2. The molecule has 1 aromatic carbocycles. The Kier molecular flexibility index (Phi) is 7.48. The first kappa shape index (κ1) is 23.3. The number of aromatic nitrogens is 1. The Labute approximate surface area is 188 Å². The van der Waals surface area contributed by atoms with Crippen LogP contribution in [0.3, 0.4) is 0 Å². The first-order valence-corrected chi connectivity index (χ1v) is 10.6. The first-order valence-electron chi connectivity index (χ1n) is 10.6. The molecule has 2 heterocycles. The smallest absolute Gasteiger partial charge is 0.295 e. The highest BCUT2D eigenvalue weighted by Crippen LogP contribution is 2.41. The van der Waals surface area contributed by atoms with Crippen molar-refractivity contribution < 1.29 is 24.2 Å². The lowest BCUT2D eigenvalue weighted by Crippen LogP contribution is -2.38. The number of ketones is 1. The summed E-state index contributed by atoms with van der Waals surface area (Å²) in [5, 5.41) is 11.0. The standard InChI is InChI=1S/C24H29N3O5/c1-5-26(6-2)13-14-27-21(17-7-8-18(31-3)19(15-17)32-4)20(23(29)24(27)30)22(28)16-9-11-25-12-10-16/h7-12,15,21,28H,5-6,13-14H2,1-4H3/t21-/m1/s1. The van der Waals surface area contributed by atoms with Gasteiger partial charge in [0.2, 0.25) is 0 Å². The molecule has 1 N–H and O–H groups in total. The van der Waals surface area contributed by atoms with E-state index in [0.717, 1.165) is 13.1 Å². The van der Waals surface area contributed by atoms with Crippen molar-refractivity contribution in [1.29, 1.82) is 0 Å². The molecule has 2 aromatic rings. The minimum Gasteiger partial charge on any atom is -0.507 e. The zero-order valence-electron chi connectivity index (χ0n) is 18.9. The lowest BCUT2D eigenvalue weighted by Gasteiger charge is -2.28. The maximum Gasteiger partial charge on any atom is 0.295 e. The summed E-state index contributed by atoms with van der Waals surface area (Å²) in [4.78, 5) is 33.8. The number of hydrogen-bond acceptors (Lipinski definition) is 7. The third-order valence-electron chi connectivity index (χ3n) is 5.77. The van der Waals surface area contributed by atoms with E-state index in [4.69, 9.17) is 9.47 Å². The number of benzene rings is 1. The monoisotopic (exact) mass is 439 g/mol. The second kappa shape index (κ2) is 10.3. The molecule has 8 heteroatoms. The van der Waals surface area contributed by atoms with Gasteiger partial charge in [-0.3, -0.25) is 14.6 Å². The molecule has 8 nitrogen and oxygen atoms in total. The molecule has 0 spiro atoms. The predicted molar refractivity (Wildman–Crippen MR) is 121 cm³/mol. The third kappa shape index (κ3) is 4.45. The maximum atomic E-state index is 13.1. The predicted octanol–water partition coefficient (Wildman–Crippen LogP) is 2.86. The number of pyridine rings is 1. The Morgan fingerprint density at radius 2 is 1.72 bits per heavy atom. The molecular formula is C24H29N3O5. The average Bonchev–Trinajstić information content (AvgIpc) is 3.09. The molecule has 1 aliphatic rings. The molecule has 1 aliphatic heterocycles. The van der Waals surface area contributed by atoms with E-state index in [1.54, 1.807) is 30.3 Å². The van der Waals surface area contributed by atoms with Crippen LogP contribution in [-0.4, -0.2) is 72.0 Å². The second-order valence-electron chi connectivity index (χ2n) is 7.37. The summed E-state index contributed by atoms with van der Waals surface area (Å²) in [6, 6.07) is 7.69. The van der Waals surface area contributed by atoms with Gasteiger partial charge in [0.05, 0.1) is 25.8 Å². The van der Waals surface area contributed by atoms with Gasteiger partial charge in [-0.05, 0) is 42.9 Å². The largest absolute Gasteiger partial charge is 0.507 e. The highest BCUT2D eigenvalue weighted by molar-refractivity contribution is 6.46. The fourth-order valence-electron chi connectivity index (χ4n) is 3.93. The van der Waals surface area contributed by atoms with Gasteiger partial charge in [-0.25, -0.2) is 0 Å². The van der Waals surface area contributed by atoms with Gasteiger partial charge < -0.3 is 24.4 Å². The van der Waals surface area contributed by atoms with E-state index in [-0.39, 0.29) is 11.3 Å². The summed E-state index contributed by atoms with van der Waals surface area (Å²) in [6.07, 6.45) is 3.05. The number of ether oxygens (including phenoxy) is 2. The highest BCUT2D eigenvalue weighted by atomic mass is 16.5. The van der Waals surface area contributed by atoms with Crippen LogP contribution in [0.4, 0.5) is 0 Å². The molecule has 0 saturated carbocycles. The van der Waals surface area contributed by atoms with Gasteiger partial charge in [-0.2, -0.15) is 0 Å². The average molecular weight is 440 g/mol. The zero-order valence-corrected chi connectivity index (χ0v) is 18.9. The molecule has 32 heavy (non-hydrogen) atoms. The minimum atomic E-state index is -0.751. The number of aliphatic hydroxyl groups excluding tert-OH is 1. The van der Waals surface area contributed by atoms with Gasteiger partial charge in [0.1, 0.15) is 5.76 Å². The molecule has 0 unspecified atom stereocenters. The molecule has 1 amide bonds. The number of amides is 1. The number of rotatable bonds is 9. The quantitative estimate of drug-likeness (QED) is 0.365. The molecule has 1 atom stereocenters. The molecule has 1 saturated heterocycles.